The molecule has 1 aromatic heterocycles. The number of nitrogens with one attached hydrogen (secondary N) is 1. The van der Waals surface area contributed by atoms with Crippen molar-refractivity contribution >= 4 is 22.4 Å². The smallest absolute Gasteiger partial charge is 0.349 e. The van der Waals surface area contributed by atoms with Gasteiger partial charge in [-0.25, -0.2) is 9.78 Å². The molecule has 112 valence electrons. The van der Waals surface area contributed by atoms with E-state index in [0.717, 1.165) is 17.1 Å². The van der Waals surface area contributed by atoms with E-state index in [2.05, 4.69) is 15.0 Å². The summed E-state index contributed by atoms with van der Waals surface area (Å²) in [7, 11) is 4.56. The molecule has 6 nitrogen and oxygen atoms in total. The van der Waals surface area contributed by atoms with Gasteiger partial charge in [0, 0.05) is 18.2 Å². The number of rotatable bonds is 6. The average molecular weight is 308 g/mol. The largest absolute Gasteiger partial charge is 0.497 e. The Balaban J connectivity index is 2.06. The lowest BCUT2D eigenvalue weighted by molar-refractivity contribution is 0.0606. The molecule has 2 rings (SSSR count). The SMILES string of the molecule is COC(=O)c1cnc(NCc2ccc(OC)cc2OC)s1. The first-order valence-electron chi connectivity index (χ1n) is 6.17. The molecule has 0 radical (unpaired) electrons. The molecule has 0 fully saturated rings. The first kappa shape index (κ1) is 15.1. The average Bonchev–Trinajstić information content (AvgIpc) is 3.00. The molecule has 0 bridgehead atoms. The highest BCUT2D eigenvalue weighted by Gasteiger charge is 2.11. The van der Waals surface area contributed by atoms with Crippen molar-refractivity contribution in [3.05, 3.63) is 34.8 Å². The van der Waals surface area contributed by atoms with Gasteiger partial charge in [0.15, 0.2) is 5.13 Å². The molecule has 0 saturated heterocycles. The second kappa shape index (κ2) is 6.94. The summed E-state index contributed by atoms with van der Waals surface area (Å²) in [5.74, 6) is 1.08. The Bertz CT molecular complexity index is 627. The van der Waals surface area contributed by atoms with Crippen molar-refractivity contribution in [2.24, 2.45) is 0 Å². The Morgan fingerprint density at radius 3 is 2.76 bits per heavy atom. The standard InChI is InChI=1S/C14H16N2O4S/c1-18-10-5-4-9(11(6-10)19-2)7-15-14-16-8-12(21-14)13(17)20-3/h4-6,8H,7H2,1-3H3,(H,15,16). The molecule has 1 heterocycles. The number of benzene rings is 1. The van der Waals surface area contributed by atoms with Gasteiger partial charge < -0.3 is 19.5 Å². The van der Waals surface area contributed by atoms with Crippen LogP contribution in [0.3, 0.4) is 0 Å². The van der Waals surface area contributed by atoms with Crippen molar-refractivity contribution in [2.75, 3.05) is 26.6 Å². The Kier molecular flexibility index (Phi) is 4.99. The normalized spacial score (nSPS) is 10.0. The summed E-state index contributed by atoms with van der Waals surface area (Å²) in [6, 6.07) is 5.60. The number of carbonyl (C=O) groups is 1. The molecule has 0 amide bonds. The molecule has 0 unspecified atom stereocenters. The predicted octanol–water partition coefficient (Wildman–Crippen LogP) is 2.56. The zero-order chi connectivity index (χ0) is 15.2. The Morgan fingerprint density at radius 1 is 1.29 bits per heavy atom. The number of hydrogen-bond acceptors (Lipinski definition) is 7. The van der Waals surface area contributed by atoms with E-state index in [1.165, 1.54) is 24.6 Å². The van der Waals surface area contributed by atoms with Gasteiger partial charge >= 0.3 is 5.97 Å². The van der Waals surface area contributed by atoms with Crippen molar-refractivity contribution in [3.8, 4) is 11.5 Å². The van der Waals surface area contributed by atoms with E-state index in [0.29, 0.717) is 16.6 Å². The van der Waals surface area contributed by atoms with Crippen molar-refractivity contribution in [1.29, 1.82) is 0 Å². The lowest BCUT2D eigenvalue weighted by Crippen LogP contribution is -2.01. The molecule has 7 heteroatoms. The topological polar surface area (TPSA) is 69.7 Å². The summed E-state index contributed by atoms with van der Waals surface area (Å²) in [6.07, 6.45) is 1.49. The van der Waals surface area contributed by atoms with Crippen LogP contribution in [0.25, 0.3) is 0 Å². The second-order valence-electron chi connectivity index (χ2n) is 4.05. The Labute approximate surface area is 126 Å². The Morgan fingerprint density at radius 2 is 2.10 bits per heavy atom. The third-order valence-electron chi connectivity index (χ3n) is 2.82. The summed E-state index contributed by atoms with van der Waals surface area (Å²) in [5, 5.41) is 3.80. The van der Waals surface area contributed by atoms with Gasteiger partial charge in [0.2, 0.25) is 0 Å². The number of hydrogen-bond donors (Lipinski definition) is 1. The van der Waals surface area contributed by atoms with Gasteiger partial charge in [0.05, 0.1) is 27.5 Å². The van der Waals surface area contributed by atoms with Crippen LogP contribution in [-0.4, -0.2) is 32.3 Å². The third kappa shape index (κ3) is 3.63. The number of methoxy groups -OCH3 is 3. The fourth-order valence-corrected chi connectivity index (χ4v) is 2.45. The number of aromatic nitrogens is 1. The molecule has 2 aromatic rings. The maximum atomic E-state index is 11.4. The summed E-state index contributed by atoms with van der Waals surface area (Å²) >= 11 is 1.24. The van der Waals surface area contributed by atoms with Crippen LogP contribution in [0.15, 0.2) is 24.4 Å². The monoisotopic (exact) mass is 308 g/mol. The minimum atomic E-state index is -0.387. The van der Waals surface area contributed by atoms with Crippen LogP contribution >= 0.6 is 11.3 Å². The van der Waals surface area contributed by atoms with Gasteiger partial charge in [-0.05, 0) is 12.1 Å². The second-order valence-corrected chi connectivity index (χ2v) is 5.08. The van der Waals surface area contributed by atoms with Gasteiger partial charge in [-0.15, -0.1) is 0 Å². The van der Waals surface area contributed by atoms with Crippen LogP contribution in [0.5, 0.6) is 11.5 Å². The van der Waals surface area contributed by atoms with E-state index in [4.69, 9.17) is 9.47 Å². The molecule has 0 saturated carbocycles. The lowest BCUT2D eigenvalue weighted by atomic mass is 10.2. The molecule has 1 aromatic carbocycles. The van der Waals surface area contributed by atoms with Crippen LogP contribution in [-0.2, 0) is 11.3 Å². The Hall–Kier alpha value is -2.28. The van der Waals surface area contributed by atoms with Crippen LogP contribution in [0.1, 0.15) is 15.2 Å². The minimum Gasteiger partial charge on any atom is -0.497 e. The van der Waals surface area contributed by atoms with E-state index in [1.807, 2.05) is 18.2 Å². The fraction of sp³-hybridized carbons (Fsp3) is 0.286. The number of carbonyl (C=O) groups excluding carboxylic acids is 1. The maximum Gasteiger partial charge on any atom is 0.349 e. The van der Waals surface area contributed by atoms with Gasteiger partial charge in [0.1, 0.15) is 16.4 Å². The quantitative estimate of drug-likeness (QED) is 0.827. The highest BCUT2D eigenvalue weighted by Crippen LogP contribution is 2.26. The number of esters is 1. The van der Waals surface area contributed by atoms with Crippen LogP contribution in [0.2, 0.25) is 0 Å². The van der Waals surface area contributed by atoms with Crippen molar-refractivity contribution in [1.82, 2.24) is 4.98 Å². The maximum absolute atomic E-state index is 11.4. The summed E-state index contributed by atoms with van der Waals surface area (Å²) in [4.78, 5) is 15.9. The third-order valence-corrected chi connectivity index (χ3v) is 3.75. The first-order chi connectivity index (χ1) is 10.2. The molecular weight excluding hydrogens is 292 g/mol. The minimum absolute atomic E-state index is 0.387. The fourth-order valence-electron chi connectivity index (χ4n) is 1.72. The van der Waals surface area contributed by atoms with E-state index >= 15 is 0 Å². The lowest BCUT2D eigenvalue weighted by Gasteiger charge is -2.10. The number of ether oxygens (including phenoxy) is 3. The number of nitrogens with zero attached hydrogens (tertiary/aromatic N) is 1. The van der Waals surface area contributed by atoms with Crippen molar-refractivity contribution in [3.63, 3.8) is 0 Å². The molecule has 0 spiro atoms. The van der Waals surface area contributed by atoms with Crippen molar-refractivity contribution in [2.45, 2.75) is 6.54 Å². The number of anilines is 1. The van der Waals surface area contributed by atoms with E-state index < -0.39 is 0 Å². The molecular formula is C14H16N2O4S. The van der Waals surface area contributed by atoms with Gasteiger partial charge in [-0.1, -0.05) is 11.3 Å². The highest BCUT2D eigenvalue weighted by atomic mass is 32.1. The zero-order valence-corrected chi connectivity index (χ0v) is 12.8. The van der Waals surface area contributed by atoms with Gasteiger partial charge in [-0.3, -0.25) is 0 Å². The molecule has 0 atom stereocenters. The summed E-state index contributed by atoms with van der Waals surface area (Å²) in [6.45, 7) is 0.529. The summed E-state index contributed by atoms with van der Waals surface area (Å²) < 4.78 is 15.1. The van der Waals surface area contributed by atoms with Crippen molar-refractivity contribution < 1.29 is 19.0 Å². The van der Waals surface area contributed by atoms with Gasteiger partial charge in [0.25, 0.3) is 0 Å². The molecule has 1 N–H and O–H groups in total. The number of thiazole rings is 1. The molecule has 0 aliphatic carbocycles. The van der Waals surface area contributed by atoms with E-state index in [1.54, 1.807) is 14.2 Å². The first-order valence-corrected chi connectivity index (χ1v) is 6.98. The van der Waals surface area contributed by atoms with Crippen LogP contribution in [0, 0.1) is 0 Å². The van der Waals surface area contributed by atoms with E-state index in [-0.39, 0.29) is 5.97 Å². The zero-order valence-electron chi connectivity index (χ0n) is 12.0. The predicted molar refractivity (Wildman–Crippen MR) is 80.3 cm³/mol. The molecule has 21 heavy (non-hydrogen) atoms. The highest BCUT2D eigenvalue weighted by molar-refractivity contribution is 7.17. The molecule has 0 aliphatic heterocycles. The van der Waals surface area contributed by atoms with Crippen LogP contribution < -0.4 is 14.8 Å². The van der Waals surface area contributed by atoms with Crippen LogP contribution in [0.4, 0.5) is 5.13 Å². The summed E-state index contributed by atoms with van der Waals surface area (Å²) in [5.41, 5.74) is 0.966. The molecule has 0 aliphatic rings. The van der Waals surface area contributed by atoms with Gasteiger partial charge in [-0.2, -0.15) is 0 Å². The van der Waals surface area contributed by atoms with E-state index in [9.17, 15) is 4.79 Å².